The molecule has 1 atom stereocenters. The van der Waals surface area contributed by atoms with Crippen LogP contribution in [0.1, 0.15) is 42.3 Å². The molecule has 2 N–H and O–H groups in total. The van der Waals surface area contributed by atoms with Gasteiger partial charge in [-0.25, -0.2) is 9.97 Å². The minimum absolute atomic E-state index is 0.00515. The number of alkyl halides is 3. The largest absolute Gasteiger partial charge is 0.481 e. The predicted molar refractivity (Wildman–Crippen MR) is 74.7 cm³/mol. The van der Waals surface area contributed by atoms with Crippen LogP contribution >= 0.6 is 0 Å². The summed E-state index contributed by atoms with van der Waals surface area (Å²) in [6.07, 6.45) is -4.42. The van der Waals surface area contributed by atoms with Crippen LogP contribution in [-0.2, 0) is 11.0 Å². The molecule has 0 aliphatic carbocycles. The normalized spacial score (nSPS) is 13.0. The van der Waals surface area contributed by atoms with Crippen LogP contribution in [0.4, 0.5) is 13.2 Å². The van der Waals surface area contributed by atoms with Crippen molar-refractivity contribution in [3.8, 4) is 0 Å². The molecular formula is C14H18F3N3O3. The molecule has 0 radical (unpaired) electrons. The zero-order chi connectivity index (χ0) is 17.8. The van der Waals surface area contributed by atoms with Gasteiger partial charge in [0.1, 0.15) is 5.69 Å². The molecule has 9 heteroatoms. The fraction of sp³-hybridized carbons (Fsp3) is 0.571. The summed E-state index contributed by atoms with van der Waals surface area (Å²) in [5, 5.41) is 11.4. The summed E-state index contributed by atoms with van der Waals surface area (Å²) in [6, 6.07) is 1.11. The second-order valence-corrected chi connectivity index (χ2v) is 5.59. The average Bonchev–Trinajstić information content (AvgIpc) is 2.40. The zero-order valence-corrected chi connectivity index (χ0v) is 12.9. The maximum absolute atomic E-state index is 12.6. The van der Waals surface area contributed by atoms with Crippen molar-refractivity contribution in [2.45, 2.75) is 33.4 Å². The number of aliphatic carboxylic acids is 1. The molecule has 1 unspecified atom stereocenters. The number of aryl methyl sites for hydroxylation is 1. The standard InChI is InChI=1S/C14H18F3N3O3/c1-7(2)4-9(12(22)23)6-18-11(21)10-5-8(3)19-13(20-10)14(15,16)17/h5,7,9H,4,6H2,1-3H3,(H,18,21)(H,22,23). The number of rotatable bonds is 6. The van der Waals surface area contributed by atoms with Crippen molar-refractivity contribution in [3.05, 3.63) is 23.3 Å². The van der Waals surface area contributed by atoms with Gasteiger partial charge < -0.3 is 10.4 Å². The van der Waals surface area contributed by atoms with Gasteiger partial charge in [-0.1, -0.05) is 13.8 Å². The first kappa shape index (κ1) is 18.9. The highest BCUT2D eigenvalue weighted by atomic mass is 19.4. The van der Waals surface area contributed by atoms with Crippen molar-refractivity contribution in [3.63, 3.8) is 0 Å². The summed E-state index contributed by atoms with van der Waals surface area (Å²) in [6.45, 7) is 4.80. The number of halogens is 3. The fourth-order valence-corrected chi connectivity index (χ4v) is 1.96. The summed E-state index contributed by atoms with van der Waals surface area (Å²) in [5.74, 6) is -4.06. The lowest BCUT2D eigenvalue weighted by Crippen LogP contribution is -2.34. The van der Waals surface area contributed by atoms with E-state index in [2.05, 4.69) is 15.3 Å². The fourth-order valence-electron chi connectivity index (χ4n) is 1.96. The molecule has 23 heavy (non-hydrogen) atoms. The molecule has 1 aromatic heterocycles. The minimum Gasteiger partial charge on any atom is -0.481 e. The van der Waals surface area contributed by atoms with Crippen LogP contribution < -0.4 is 5.32 Å². The molecule has 1 aromatic rings. The van der Waals surface area contributed by atoms with Gasteiger partial charge in [0.2, 0.25) is 5.82 Å². The topological polar surface area (TPSA) is 92.2 Å². The van der Waals surface area contributed by atoms with Gasteiger partial charge in [0.05, 0.1) is 5.92 Å². The number of carbonyl (C=O) groups excluding carboxylic acids is 1. The molecule has 0 fully saturated rings. The monoisotopic (exact) mass is 333 g/mol. The molecule has 0 spiro atoms. The van der Waals surface area contributed by atoms with Gasteiger partial charge in [-0.15, -0.1) is 0 Å². The van der Waals surface area contributed by atoms with E-state index in [9.17, 15) is 22.8 Å². The summed E-state index contributed by atoms with van der Waals surface area (Å²) in [7, 11) is 0. The first-order valence-electron chi connectivity index (χ1n) is 6.94. The summed E-state index contributed by atoms with van der Waals surface area (Å²) < 4.78 is 37.9. The van der Waals surface area contributed by atoms with E-state index >= 15 is 0 Å². The Labute approximate surface area is 131 Å². The van der Waals surface area contributed by atoms with Crippen LogP contribution in [0, 0.1) is 18.8 Å². The number of nitrogens with one attached hydrogen (secondary N) is 1. The van der Waals surface area contributed by atoms with Gasteiger partial charge in [-0.2, -0.15) is 13.2 Å². The number of carbonyl (C=O) groups is 2. The van der Waals surface area contributed by atoms with Gasteiger partial charge in [-0.05, 0) is 25.3 Å². The van der Waals surface area contributed by atoms with Gasteiger partial charge in [-0.3, -0.25) is 9.59 Å². The van der Waals surface area contributed by atoms with Crippen molar-refractivity contribution in [1.29, 1.82) is 0 Å². The lowest BCUT2D eigenvalue weighted by molar-refractivity contribution is -0.145. The summed E-state index contributed by atoms with van der Waals surface area (Å²) in [4.78, 5) is 29.5. The molecule has 1 heterocycles. The third-order valence-electron chi connectivity index (χ3n) is 2.95. The number of carboxylic acid groups (broad SMARTS) is 1. The highest BCUT2D eigenvalue weighted by Gasteiger charge is 2.35. The van der Waals surface area contributed by atoms with Crippen molar-refractivity contribution in [1.82, 2.24) is 15.3 Å². The van der Waals surface area contributed by atoms with E-state index in [1.165, 1.54) is 6.92 Å². The molecule has 0 aliphatic rings. The Morgan fingerprint density at radius 2 is 1.91 bits per heavy atom. The number of nitrogens with zero attached hydrogens (tertiary/aromatic N) is 2. The summed E-state index contributed by atoms with van der Waals surface area (Å²) in [5.41, 5.74) is -0.451. The molecule has 0 saturated heterocycles. The minimum atomic E-state index is -4.76. The lowest BCUT2D eigenvalue weighted by atomic mass is 9.97. The highest BCUT2D eigenvalue weighted by molar-refractivity contribution is 5.92. The van der Waals surface area contributed by atoms with Gasteiger partial charge in [0.25, 0.3) is 5.91 Å². The third kappa shape index (κ3) is 5.84. The van der Waals surface area contributed by atoms with Gasteiger partial charge in [0.15, 0.2) is 0 Å². The second kappa shape index (κ2) is 7.38. The molecule has 0 aromatic carbocycles. The van der Waals surface area contributed by atoms with E-state index in [1.54, 1.807) is 0 Å². The third-order valence-corrected chi connectivity index (χ3v) is 2.95. The SMILES string of the molecule is Cc1cc(C(=O)NCC(CC(C)C)C(=O)O)nc(C(F)(F)F)n1. The Morgan fingerprint density at radius 3 is 2.39 bits per heavy atom. The average molecular weight is 333 g/mol. The molecule has 1 amide bonds. The molecule has 128 valence electrons. The van der Waals surface area contributed by atoms with Crippen molar-refractivity contribution < 1.29 is 27.9 Å². The van der Waals surface area contributed by atoms with E-state index in [0.29, 0.717) is 6.42 Å². The van der Waals surface area contributed by atoms with Gasteiger partial charge >= 0.3 is 12.1 Å². The van der Waals surface area contributed by atoms with Crippen LogP contribution in [0.2, 0.25) is 0 Å². The first-order valence-corrected chi connectivity index (χ1v) is 6.94. The molecule has 1 rings (SSSR count). The van der Waals surface area contributed by atoms with E-state index in [1.807, 2.05) is 13.8 Å². The quantitative estimate of drug-likeness (QED) is 0.833. The Balaban J connectivity index is 2.86. The van der Waals surface area contributed by atoms with Crippen LogP contribution in [0.3, 0.4) is 0 Å². The number of aromatic nitrogens is 2. The molecule has 0 saturated carbocycles. The lowest BCUT2D eigenvalue weighted by Gasteiger charge is -2.15. The maximum Gasteiger partial charge on any atom is 0.451 e. The van der Waals surface area contributed by atoms with E-state index < -0.39 is 35.5 Å². The molecular weight excluding hydrogens is 315 g/mol. The van der Waals surface area contributed by atoms with Crippen molar-refractivity contribution in [2.24, 2.45) is 11.8 Å². The van der Waals surface area contributed by atoms with Crippen LogP contribution in [0.15, 0.2) is 6.07 Å². The number of amides is 1. The maximum atomic E-state index is 12.6. The summed E-state index contributed by atoms with van der Waals surface area (Å²) >= 11 is 0. The smallest absolute Gasteiger partial charge is 0.451 e. The van der Waals surface area contributed by atoms with E-state index in [0.717, 1.165) is 6.07 Å². The number of hydrogen-bond acceptors (Lipinski definition) is 4. The first-order chi connectivity index (χ1) is 10.5. The van der Waals surface area contributed by atoms with Crippen LogP contribution in [0.25, 0.3) is 0 Å². The predicted octanol–water partition coefficient (Wildman–Crippen LogP) is 2.28. The Morgan fingerprint density at radius 1 is 1.30 bits per heavy atom. The number of hydrogen-bond donors (Lipinski definition) is 2. The molecule has 6 nitrogen and oxygen atoms in total. The highest BCUT2D eigenvalue weighted by Crippen LogP contribution is 2.26. The zero-order valence-electron chi connectivity index (χ0n) is 12.9. The van der Waals surface area contributed by atoms with Crippen LogP contribution in [0.5, 0.6) is 0 Å². The van der Waals surface area contributed by atoms with Gasteiger partial charge in [0, 0.05) is 12.2 Å². The Hall–Kier alpha value is -2.19. The number of carboxylic acids is 1. The second-order valence-electron chi connectivity index (χ2n) is 5.59. The van der Waals surface area contributed by atoms with E-state index in [-0.39, 0.29) is 18.2 Å². The van der Waals surface area contributed by atoms with Crippen molar-refractivity contribution >= 4 is 11.9 Å². The van der Waals surface area contributed by atoms with Crippen LogP contribution in [-0.4, -0.2) is 33.5 Å². The van der Waals surface area contributed by atoms with E-state index in [4.69, 9.17) is 5.11 Å². The Bertz CT molecular complexity index is 588. The van der Waals surface area contributed by atoms with Crippen molar-refractivity contribution in [2.75, 3.05) is 6.54 Å². The molecule has 0 bridgehead atoms. The Kier molecular flexibility index (Phi) is 6.05. The molecule has 0 aliphatic heterocycles.